The predicted molar refractivity (Wildman–Crippen MR) is 107 cm³/mol. The van der Waals surface area contributed by atoms with Crippen LogP contribution in [-0.2, 0) is 6.42 Å². The van der Waals surface area contributed by atoms with E-state index < -0.39 is 0 Å². The molecule has 6 nitrogen and oxygen atoms in total. The Hall–Kier alpha value is -3.25. The maximum absolute atomic E-state index is 7.58. The fourth-order valence-electron chi connectivity index (χ4n) is 3.06. The quantitative estimate of drug-likeness (QED) is 0.337. The molecule has 2 heterocycles. The summed E-state index contributed by atoms with van der Waals surface area (Å²) in [7, 11) is 1.50. The van der Waals surface area contributed by atoms with Gasteiger partial charge in [-0.2, -0.15) is 0 Å². The maximum Gasteiger partial charge on any atom is 0.142 e. The molecular weight excluding hydrogens is 324 g/mol. The number of nitrogens with two attached hydrogens (primary N) is 2. The van der Waals surface area contributed by atoms with Crippen LogP contribution in [0, 0.1) is 12.3 Å². The van der Waals surface area contributed by atoms with Crippen molar-refractivity contribution in [3.63, 3.8) is 0 Å². The molecule has 0 amide bonds. The number of hydrogen-bond acceptors (Lipinski definition) is 4. The number of benzene rings is 2. The number of fused-ring (bicyclic) bond motifs is 3. The van der Waals surface area contributed by atoms with Crippen molar-refractivity contribution >= 4 is 27.8 Å². The summed E-state index contributed by atoms with van der Waals surface area (Å²) in [6, 6.07) is 15.9. The van der Waals surface area contributed by atoms with E-state index in [1.807, 2.05) is 43.3 Å². The van der Waals surface area contributed by atoms with Gasteiger partial charge in [0.25, 0.3) is 0 Å². The van der Waals surface area contributed by atoms with Gasteiger partial charge < -0.3 is 16.5 Å². The van der Waals surface area contributed by atoms with Gasteiger partial charge in [-0.15, -0.1) is 0 Å². The van der Waals surface area contributed by atoms with Gasteiger partial charge in [0.1, 0.15) is 17.3 Å². The lowest BCUT2D eigenvalue weighted by Crippen LogP contribution is -2.10. The van der Waals surface area contributed by atoms with Crippen molar-refractivity contribution in [2.75, 3.05) is 7.05 Å². The van der Waals surface area contributed by atoms with Gasteiger partial charge in [0.15, 0.2) is 0 Å². The largest absolute Gasteiger partial charge is 0.384 e. The highest BCUT2D eigenvalue weighted by molar-refractivity contribution is 6.09. The standard InChI is InChI=1S/C19H17N5.CH5N/c1-11-17-14-8-7-13(18(20)21)10-15(14)23-19(17)24-16(22-11)9-12-5-3-2-4-6-12;1-2/h2-8,10H,9H2,1H3,(H3,20,21)(H,22,23,24);2H2,1H3. The van der Waals surface area contributed by atoms with Crippen LogP contribution in [-0.4, -0.2) is 27.8 Å². The molecular formula is C20H22N6. The SMILES string of the molecule is CN.Cc1nc(Cc2ccccc2)nc2[nH]c3cc(C(=N)N)ccc3c12. The molecule has 0 aliphatic carbocycles. The van der Waals surface area contributed by atoms with Crippen LogP contribution in [0.1, 0.15) is 22.6 Å². The highest BCUT2D eigenvalue weighted by Gasteiger charge is 2.12. The third kappa shape index (κ3) is 3.27. The highest BCUT2D eigenvalue weighted by atomic mass is 15.0. The van der Waals surface area contributed by atoms with Gasteiger partial charge >= 0.3 is 0 Å². The molecule has 2 aromatic carbocycles. The Morgan fingerprint density at radius 1 is 1.08 bits per heavy atom. The zero-order valence-electron chi connectivity index (χ0n) is 14.9. The summed E-state index contributed by atoms with van der Waals surface area (Å²) in [5.41, 5.74) is 14.7. The highest BCUT2D eigenvalue weighted by Crippen LogP contribution is 2.27. The van der Waals surface area contributed by atoms with Crippen molar-refractivity contribution in [2.45, 2.75) is 13.3 Å². The second kappa shape index (κ2) is 7.33. The first-order valence-corrected chi connectivity index (χ1v) is 8.37. The number of nitrogens with one attached hydrogen (secondary N) is 2. The Kier molecular flexibility index (Phi) is 4.95. The number of rotatable bonds is 3. The normalized spacial score (nSPS) is 10.6. The lowest BCUT2D eigenvalue weighted by molar-refractivity contribution is 0.965. The predicted octanol–water partition coefficient (Wildman–Crippen LogP) is 2.87. The van der Waals surface area contributed by atoms with E-state index in [-0.39, 0.29) is 5.84 Å². The van der Waals surface area contributed by atoms with E-state index in [1.54, 1.807) is 0 Å². The summed E-state index contributed by atoms with van der Waals surface area (Å²) in [5, 5.41) is 9.66. The number of hydrogen-bond donors (Lipinski definition) is 4. The monoisotopic (exact) mass is 346 g/mol. The molecule has 4 aromatic rings. The summed E-state index contributed by atoms with van der Waals surface area (Å²) in [4.78, 5) is 12.7. The minimum atomic E-state index is 0.0585. The van der Waals surface area contributed by atoms with E-state index in [0.717, 1.165) is 33.5 Å². The summed E-state index contributed by atoms with van der Waals surface area (Å²) in [5.74, 6) is 0.854. The number of nitrogen functional groups attached to an aromatic ring is 1. The fraction of sp³-hybridized carbons (Fsp3) is 0.150. The number of aromatic amines is 1. The Labute approximate surface area is 151 Å². The number of amidine groups is 1. The van der Waals surface area contributed by atoms with Gasteiger partial charge in [0, 0.05) is 28.3 Å². The fourth-order valence-corrected chi connectivity index (χ4v) is 3.06. The third-order valence-electron chi connectivity index (χ3n) is 4.19. The first-order valence-electron chi connectivity index (χ1n) is 8.37. The van der Waals surface area contributed by atoms with Gasteiger partial charge in [-0.1, -0.05) is 42.5 Å². The molecule has 0 saturated heterocycles. The average Bonchev–Trinajstić information content (AvgIpc) is 3.02. The molecule has 0 unspecified atom stereocenters. The Morgan fingerprint density at radius 3 is 2.50 bits per heavy atom. The molecule has 4 rings (SSSR count). The van der Waals surface area contributed by atoms with Crippen molar-refractivity contribution < 1.29 is 0 Å². The molecule has 0 aliphatic rings. The van der Waals surface area contributed by atoms with Crippen LogP contribution in [0.2, 0.25) is 0 Å². The first-order chi connectivity index (χ1) is 12.6. The zero-order valence-corrected chi connectivity index (χ0v) is 14.9. The molecule has 0 atom stereocenters. The maximum atomic E-state index is 7.58. The van der Waals surface area contributed by atoms with Crippen LogP contribution in [0.5, 0.6) is 0 Å². The molecule has 2 aromatic heterocycles. The average molecular weight is 346 g/mol. The molecule has 0 saturated carbocycles. The van der Waals surface area contributed by atoms with E-state index >= 15 is 0 Å². The van der Waals surface area contributed by atoms with Gasteiger partial charge in [-0.3, -0.25) is 5.41 Å². The lowest BCUT2D eigenvalue weighted by atomic mass is 10.1. The minimum absolute atomic E-state index is 0.0585. The lowest BCUT2D eigenvalue weighted by Gasteiger charge is -2.03. The molecule has 26 heavy (non-hydrogen) atoms. The van der Waals surface area contributed by atoms with Crippen molar-refractivity contribution in [1.82, 2.24) is 15.0 Å². The van der Waals surface area contributed by atoms with E-state index in [9.17, 15) is 0 Å². The Morgan fingerprint density at radius 2 is 1.81 bits per heavy atom. The minimum Gasteiger partial charge on any atom is -0.384 e. The summed E-state index contributed by atoms with van der Waals surface area (Å²) >= 11 is 0. The Bertz CT molecular complexity index is 1070. The molecule has 132 valence electrons. The van der Waals surface area contributed by atoms with Crippen LogP contribution in [0.4, 0.5) is 0 Å². The molecule has 0 bridgehead atoms. The second-order valence-corrected chi connectivity index (χ2v) is 5.91. The molecule has 6 N–H and O–H groups in total. The smallest absolute Gasteiger partial charge is 0.142 e. The Balaban J connectivity index is 0.000000948. The van der Waals surface area contributed by atoms with E-state index in [4.69, 9.17) is 16.1 Å². The summed E-state index contributed by atoms with van der Waals surface area (Å²) in [6.45, 7) is 2.00. The van der Waals surface area contributed by atoms with E-state index in [0.29, 0.717) is 12.0 Å². The third-order valence-corrected chi connectivity index (χ3v) is 4.19. The number of H-pyrrole nitrogens is 1. The van der Waals surface area contributed by atoms with Crippen LogP contribution < -0.4 is 11.5 Å². The van der Waals surface area contributed by atoms with Gasteiger partial charge in [-0.25, -0.2) is 9.97 Å². The molecule has 0 aliphatic heterocycles. The molecule has 0 fully saturated rings. The summed E-state index contributed by atoms with van der Waals surface area (Å²) < 4.78 is 0. The topological polar surface area (TPSA) is 117 Å². The van der Waals surface area contributed by atoms with Crippen molar-refractivity contribution in [1.29, 1.82) is 5.41 Å². The molecule has 0 radical (unpaired) electrons. The first kappa shape index (κ1) is 17.6. The number of nitrogens with zero attached hydrogens (tertiary/aromatic N) is 2. The van der Waals surface area contributed by atoms with Crippen LogP contribution in [0.25, 0.3) is 21.9 Å². The van der Waals surface area contributed by atoms with E-state index in [2.05, 4.69) is 27.8 Å². The van der Waals surface area contributed by atoms with Gasteiger partial charge in [0.05, 0.1) is 5.69 Å². The summed E-state index contributed by atoms with van der Waals surface area (Å²) in [6.07, 6.45) is 0.700. The van der Waals surface area contributed by atoms with Crippen molar-refractivity contribution in [2.24, 2.45) is 11.5 Å². The second-order valence-electron chi connectivity index (χ2n) is 5.91. The van der Waals surface area contributed by atoms with Gasteiger partial charge in [0.2, 0.25) is 0 Å². The van der Waals surface area contributed by atoms with Crippen LogP contribution in [0.3, 0.4) is 0 Å². The van der Waals surface area contributed by atoms with E-state index in [1.165, 1.54) is 12.6 Å². The van der Waals surface area contributed by atoms with Crippen molar-refractivity contribution in [3.05, 3.63) is 71.2 Å². The van der Waals surface area contributed by atoms with Crippen molar-refractivity contribution in [3.8, 4) is 0 Å². The van der Waals surface area contributed by atoms with Gasteiger partial charge in [-0.05, 0) is 25.6 Å². The van der Waals surface area contributed by atoms with Crippen LogP contribution in [0.15, 0.2) is 48.5 Å². The number of aryl methyl sites for hydroxylation is 1. The molecule has 0 spiro atoms. The number of aromatic nitrogens is 3. The zero-order chi connectivity index (χ0) is 18.7. The molecule has 6 heteroatoms. The van der Waals surface area contributed by atoms with Crippen LogP contribution >= 0.6 is 0 Å².